The molecule has 2 aromatic carbocycles. The maximum atomic E-state index is 12.6. The number of hydrogen-bond acceptors (Lipinski definition) is 8. The highest BCUT2D eigenvalue weighted by Gasteiger charge is 2.14. The lowest BCUT2D eigenvalue weighted by molar-refractivity contribution is -0.105. The van der Waals surface area contributed by atoms with Crippen LogP contribution in [0.25, 0.3) is 11.2 Å². The van der Waals surface area contributed by atoms with Gasteiger partial charge in [-0.1, -0.05) is 0 Å². The number of H-pyrrole nitrogens is 1. The lowest BCUT2D eigenvalue weighted by Crippen LogP contribution is -2.17. The van der Waals surface area contributed by atoms with Crippen LogP contribution < -0.4 is 21.1 Å². The maximum absolute atomic E-state index is 12.6. The fourth-order valence-electron chi connectivity index (χ4n) is 4.20. The smallest absolute Gasteiger partial charge is 0.280 e. The van der Waals surface area contributed by atoms with Crippen molar-refractivity contribution in [3.8, 4) is 0 Å². The van der Waals surface area contributed by atoms with Gasteiger partial charge in [-0.15, -0.1) is 0 Å². The molecule has 0 bridgehead atoms. The van der Waals surface area contributed by atoms with E-state index in [0.717, 1.165) is 18.8 Å². The molecule has 2 aromatic heterocycles. The molecule has 1 amide bonds. The summed E-state index contributed by atoms with van der Waals surface area (Å²) in [5.41, 5.74) is 3.86. The molecular weight excluding hydrogens is 458 g/mol. The maximum Gasteiger partial charge on any atom is 0.280 e. The largest absolute Gasteiger partial charge is 0.372 e. The van der Waals surface area contributed by atoms with Gasteiger partial charge in [0.25, 0.3) is 5.56 Å². The van der Waals surface area contributed by atoms with Gasteiger partial charge in [0.05, 0.1) is 29.1 Å². The minimum atomic E-state index is -0.361. The van der Waals surface area contributed by atoms with E-state index in [-0.39, 0.29) is 23.1 Å². The van der Waals surface area contributed by atoms with Crippen LogP contribution in [0.3, 0.4) is 0 Å². The third-order valence-electron chi connectivity index (χ3n) is 6.06. The molecule has 3 heterocycles. The van der Waals surface area contributed by atoms with Gasteiger partial charge in [-0.2, -0.15) is 15.2 Å². The van der Waals surface area contributed by atoms with Crippen molar-refractivity contribution >= 4 is 52.0 Å². The number of aromatic nitrogens is 4. The summed E-state index contributed by atoms with van der Waals surface area (Å²) in [5, 5.41) is 14.4. The van der Waals surface area contributed by atoms with E-state index in [1.54, 1.807) is 24.5 Å². The number of aromatic amines is 1. The Morgan fingerprint density at radius 1 is 1.03 bits per heavy atom. The topological polar surface area (TPSA) is 133 Å². The van der Waals surface area contributed by atoms with Crippen LogP contribution in [0.5, 0.6) is 0 Å². The molecule has 0 aliphatic carbocycles. The molecule has 184 valence electrons. The van der Waals surface area contributed by atoms with Crippen LogP contribution in [0.2, 0.25) is 0 Å². The fraction of sp³-hybridized carbons (Fsp3) is 0.280. The average molecular weight is 486 g/mol. The summed E-state index contributed by atoms with van der Waals surface area (Å²) in [4.78, 5) is 37.5. The van der Waals surface area contributed by atoms with Crippen LogP contribution in [0.1, 0.15) is 32.7 Å². The lowest BCUT2D eigenvalue weighted by atomic mass is 10.2. The van der Waals surface area contributed by atoms with E-state index in [2.05, 4.69) is 52.8 Å². The molecule has 11 heteroatoms. The molecule has 1 aliphatic heterocycles. The summed E-state index contributed by atoms with van der Waals surface area (Å²) in [6.07, 6.45) is 4.63. The van der Waals surface area contributed by atoms with E-state index in [1.165, 1.54) is 18.5 Å². The molecule has 0 spiro atoms. The number of rotatable bonds is 8. The number of imidazole rings is 1. The number of fused-ring (bicyclic) bond motifs is 1. The number of carbonyl (C=O) groups excluding carboxylic acids is 1. The van der Waals surface area contributed by atoms with Crippen molar-refractivity contribution in [2.75, 3.05) is 28.6 Å². The molecule has 1 saturated heterocycles. The van der Waals surface area contributed by atoms with Crippen LogP contribution >= 0.6 is 0 Å². The molecule has 1 fully saturated rings. The molecular formula is C25H27N9O2. The zero-order valence-electron chi connectivity index (χ0n) is 20.1. The highest BCUT2D eigenvalue weighted by Crippen LogP contribution is 2.31. The van der Waals surface area contributed by atoms with Crippen molar-refractivity contribution in [1.29, 1.82) is 0 Å². The lowest BCUT2D eigenvalue weighted by Gasteiger charge is -2.17. The first-order valence-electron chi connectivity index (χ1n) is 11.9. The summed E-state index contributed by atoms with van der Waals surface area (Å²) in [6.45, 7) is 6.14. The Balaban J connectivity index is 1.41. The third-order valence-corrected chi connectivity index (χ3v) is 6.06. The summed E-state index contributed by atoms with van der Waals surface area (Å²) >= 11 is 0. The molecule has 1 aliphatic rings. The Morgan fingerprint density at radius 2 is 1.75 bits per heavy atom. The molecule has 36 heavy (non-hydrogen) atoms. The zero-order chi connectivity index (χ0) is 25.1. The normalized spacial score (nSPS) is 13.7. The van der Waals surface area contributed by atoms with Crippen molar-refractivity contribution in [2.45, 2.75) is 32.7 Å². The fourth-order valence-corrected chi connectivity index (χ4v) is 4.20. The Hall–Kier alpha value is -4.54. The number of carbonyl (C=O) groups is 1. The van der Waals surface area contributed by atoms with E-state index in [1.807, 2.05) is 30.5 Å². The molecule has 3 N–H and O–H groups in total. The van der Waals surface area contributed by atoms with Crippen molar-refractivity contribution in [2.24, 2.45) is 10.2 Å². The predicted molar refractivity (Wildman–Crippen MR) is 140 cm³/mol. The Labute approximate surface area is 207 Å². The first-order valence-corrected chi connectivity index (χ1v) is 11.9. The molecule has 0 saturated carbocycles. The van der Waals surface area contributed by atoms with E-state index in [4.69, 9.17) is 0 Å². The van der Waals surface area contributed by atoms with Crippen LogP contribution in [-0.4, -0.2) is 39.0 Å². The number of nitrogens with one attached hydrogen (secondary N) is 3. The van der Waals surface area contributed by atoms with Crippen molar-refractivity contribution in [3.63, 3.8) is 0 Å². The highest BCUT2D eigenvalue weighted by atomic mass is 16.1. The monoisotopic (exact) mass is 485 g/mol. The second kappa shape index (κ2) is 9.98. The van der Waals surface area contributed by atoms with E-state index >= 15 is 0 Å². The Morgan fingerprint density at radius 3 is 2.47 bits per heavy atom. The predicted octanol–water partition coefficient (Wildman–Crippen LogP) is 5.03. The molecule has 5 rings (SSSR count). The number of nitrogens with zero attached hydrogens (tertiary/aromatic N) is 6. The van der Waals surface area contributed by atoms with Gasteiger partial charge in [0.2, 0.25) is 12.4 Å². The van der Waals surface area contributed by atoms with Crippen LogP contribution in [-0.2, 0) is 4.79 Å². The van der Waals surface area contributed by atoms with Gasteiger partial charge in [-0.05, 0) is 69.2 Å². The van der Waals surface area contributed by atoms with Crippen molar-refractivity contribution in [1.82, 2.24) is 19.5 Å². The number of anilines is 4. The third kappa shape index (κ3) is 4.81. The van der Waals surface area contributed by atoms with E-state index in [0.29, 0.717) is 29.1 Å². The molecule has 4 aromatic rings. The molecule has 0 unspecified atom stereocenters. The second-order valence-corrected chi connectivity index (χ2v) is 8.86. The van der Waals surface area contributed by atoms with Crippen LogP contribution in [0.4, 0.5) is 34.4 Å². The first kappa shape index (κ1) is 23.2. The van der Waals surface area contributed by atoms with Crippen LogP contribution in [0, 0.1) is 0 Å². The van der Waals surface area contributed by atoms with E-state index < -0.39 is 0 Å². The van der Waals surface area contributed by atoms with Gasteiger partial charge in [0, 0.05) is 24.8 Å². The first-order chi connectivity index (χ1) is 17.5. The van der Waals surface area contributed by atoms with Crippen molar-refractivity contribution in [3.05, 3.63) is 59.1 Å². The minimum Gasteiger partial charge on any atom is -0.372 e. The molecule has 0 atom stereocenters. The Kier molecular flexibility index (Phi) is 6.44. The zero-order valence-corrected chi connectivity index (χ0v) is 20.1. The molecule has 11 nitrogen and oxygen atoms in total. The second-order valence-electron chi connectivity index (χ2n) is 8.86. The minimum absolute atomic E-state index is 0.0811. The standard InChI is InChI=1S/C25H27N9O2/c1-16(2)34-14-26-22-23(34)29-25(30-24(22)36)28-21-13-18(7-10-20(21)27-15-35)32-31-17-5-8-19(9-6-17)33-11-3-4-12-33/h5-10,13-16H,3-4,11-12H2,1-2H3,(H,27,35)(H2,28,29,30,36). The van der Waals surface area contributed by atoms with Crippen LogP contribution in [0.15, 0.2) is 63.8 Å². The van der Waals surface area contributed by atoms with Gasteiger partial charge < -0.3 is 20.1 Å². The summed E-state index contributed by atoms with van der Waals surface area (Å²) in [7, 11) is 0. The Bertz CT molecular complexity index is 1470. The van der Waals surface area contributed by atoms with Gasteiger partial charge >= 0.3 is 0 Å². The number of hydrogen-bond donors (Lipinski definition) is 3. The number of amides is 1. The quantitative estimate of drug-likeness (QED) is 0.237. The summed E-state index contributed by atoms with van der Waals surface area (Å²) < 4.78 is 1.82. The SMILES string of the molecule is CC(C)n1cnc2c(=O)[nH]c(Nc3cc(N=Nc4ccc(N5CCCC5)cc4)ccc3NC=O)nc21. The summed E-state index contributed by atoms with van der Waals surface area (Å²) in [5.74, 6) is 0.218. The van der Waals surface area contributed by atoms with Gasteiger partial charge in [0.15, 0.2) is 11.2 Å². The molecule has 0 radical (unpaired) electrons. The van der Waals surface area contributed by atoms with E-state index in [9.17, 15) is 9.59 Å². The average Bonchev–Trinajstić information content (AvgIpc) is 3.55. The summed E-state index contributed by atoms with van der Waals surface area (Å²) in [6, 6.07) is 13.3. The van der Waals surface area contributed by atoms with Gasteiger partial charge in [0.1, 0.15) is 0 Å². The number of benzene rings is 2. The number of azo groups is 1. The van der Waals surface area contributed by atoms with Crippen molar-refractivity contribution < 1.29 is 4.79 Å². The van der Waals surface area contributed by atoms with Gasteiger partial charge in [-0.3, -0.25) is 14.6 Å². The highest BCUT2D eigenvalue weighted by molar-refractivity contribution is 5.84. The van der Waals surface area contributed by atoms with Gasteiger partial charge in [-0.25, -0.2) is 4.98 Å².